The molecule has 0 bridgehead atoms. The Morgan fingerprint density at radius 2 is 1.53 bits per heavy atom. The number of carbonyl (C=O) groups excluding carboxylic acids is 1. The molecule has 1 heterocycles. The molecule has 2 aromatic carbocycles. The molecular formula is C26H31ClN4O. The van der Waals surface area contributed by atoms with Gasteiger partial charge >= 0.3 is 6.03 Å². The van der Waals surface area contributed by atoms with Crippen LogP contribution in [0, 0.1) is 0 Å². The van der Waals surface area contributed by atoms with Gasteiger partial charge in [-0.25, -0.2) is 9.78 Å². The Hall–Kier alpha value is -3.05. The van der Waals surface area contributed by atoms with Crippen LogP contribution in [0.25, 0.3) is 11.3 Å². The molecule has 0 atom stereocenters. The number of rotatable bonds is 10. The van der Waals surface area contributed by atoms with Crippen molar-refractivity contribution >= 4 is 34.8 Å². The Kier molecular flexibility index (Phi) is 8.93. The van der Waals surface area contributed by atoms with Gasteiger partial charge in [-0.3, -0.25) is 0 Å². The van der Waals surface area contributed by atoms with Gasteiger partial charge in [0.2, 0.25) is 0 Å². The van der Waals surface area contributed by atoms with Crippen molar-refractivity contribution in [3.63, 3.8) is 0 Å². The summed E-state index contributed by atoms with van der Waals surface area (Å²) in [5.74, 6) is 1.00. The molecule has 2 amide bonds. The minimum absolute atomic E-state index is 0.309. The lowest BCUT2D eigenvalue weighted by atomic mass is 10.1. The highest BCUT2D eigenvalue weighted by molar-refractivity contribution is 6.30. The summed E-state index contributed by atoms with van der Waals surface area (Å²) < 4.78 is 0. The van der Waals surface area contributed by atoms with Gasteiger partial charge in [0.15, 0.2) is 0 Å². The summed E-state index contributed by atoms with van der Waals surface area (Å²) in [6, 6.07) is 20.6. The number of hydrogen-bond donors (Lipinski definition) is 2. The summed E-state index contributed by atoms with van der Waals surface area (Å²) in [6.07, 6.45) is 4.62. The highest BCUT2D eigenvalue weighted by Gasteiger charge is 2.10. The number of carbonyl (C=O) groups is 1. The summed E-state index contributed by atoms with van der Waals surface area (Å²) in [5, 5.41) is 6.32. The van der Waals surface area contributed by atoms with Crippen LogP contribution >= 0.6 is 11.6 Å². The van der Waals surface area contributed by atoms with Crippen LogP contribution in [0.4, 0.5) is 22.0 Å². The predicted octanol–water partition coefficient (Wildman–Crippen LogP) is 7.45. The van der Waals surface area contributed by atoms with E-state index in [1.54, 1.807) is 24.3 Å². The van der Waals surface area contributed by atoms with Crippen molar-refractivity contribution in [3.8, 4) is 11.3 Å². The normalized spacial score (nSPS) is 10.6. The zero-order valence-corrected chi connectivity index (χ0v) is 19.5. The zero-order valence-electron chi connectivity index (χ0n) is 18.8. The predicted molar refractivity (Wildman–Crippen MR) is 136 cm³/mol. The van der Waals surface area contributed by atoms with Gasteiger partial charge < -0.3 is 15.5 Å². The van der Waals surface area contributed by atoms with Crippen LogP contribution < -0.4 is 15.5 Å². The van der Waals surface area contributed by atoms with Crippen LogP contribution in [0.1, 0.15) is 39.5 Å². The number of nitrogens with zero attached hydrogens (tertiary/aromatic N) is 2. The first-order chi connectivity index (χ1) is 15.6. The fraction of sp³-hybridized carbons (Fsp3) is 0.308. The van der Waals surface area contributed by atoms with Gasteiger partial charge in [-0.1, -0.05) is 56.5 Å². The maximum absolute atomic E-state index is 12.4. The molecule has 2 N–H and O–H groups in total. The standard InChI is InChI=1S/C26H31ClN4O/c1-3-5-17-31(18-6-4-2)25-12-8-11-24(30-25)20-9-7-10-23(19-20)29-26(32)28-22-15-13-21(27)14-16-22/h7-16,19H,3-6,17-18H2,1-2H3,(H2,28,29,32). The molecular weight excluding hydrogens is 420 g/mol. The van der Waals surface area contributed by atoms with Crippen LogP contribution in [-0.2, 0) is 0 Å². The molecule has 3 rings (SSSR count). The van der Waals surface area contributed by atoms with E-state index in [1.165, 1.54) is 0 Å². The van der Waals surface area contributed by atoms with Gasteiger partial charge in [-0.2, -0.15) is 0 Å². The summed E-state index contributed by atoms with van der Waals surface area (Å²) in [5.41, 5.74) is 3.23. The van der Waals surface area contributed by atoms with Crippen LogP contribution in [0.2, 0.25) is 5.02 Å². The number of aromatic nitrogens is 1. The molecule has 1 aromatic heterocycles. The third kappa shape index (κ3) is 6.99. The lowest BCUT2D eigenvalue weighted by Gasteiger charge is -2.24. The molecule has 0 aliphatic carbocycles. The van der Waals surface area contributed by atoms with E-state index in [1.807, 2.05) is 30.3 Å². The fourth-order valence-electron chi connectivity index (χ4n) is 3.38. The average molecular weight is 451 g/mol. The van der Waals surface area contributed by atoms with Crippen molar-refractivity contribution in [2.75, 3.05) is 28.6 Å². The minimum atomic E-state index is -0.309. The highest BCUT2D eigenvalue weighted by atomic mass is 35.5. The third-order valence-corrected chi connectivity index (χ3v) is 5.39. The van der Waals surface area contributed by atoms with Crippen LogP contribution in [0.15, 0.2) is 66.7 Å². The topological polar surface area (TPSA) is 57.3 Å². The van der Waals surface area contributed by atoms with Gasteiger partial charge in [0, 0.05) is 35.1 Å². The second-order valence-corrected chi connectivity index (χ2v) is 8.18. The van der Waals surface area contributed by atoms with Crippen LogP contribution in [-0.4, -0.2) is 24.1 Å². The number of pyridine rings is 1. The Bertz CT molecular complexity index is 999. The molecule has 5 nitrogen and oxygen atoms in total. The first-order valence-corrected chi connectivity index (χ1v) is 11.6. The van der Waals surface area contributed by atoms with Crippen molar-refractivity contribution in [2.45, 2.75) is 39.5 Å². The van der Waals surface area contributed by atoms with Crippen molar-refractivity contribution in [3.05, 3.63) is 71.8 Å². The van der Waals surface area contributed by atoms with Crippen LogP contribution in [0.5, 0.6) is 0 Å². The SMILES string of the molecule is CCCCN(CCCC)c1cccc(-c2cccc(NC(=O)Nc3ccc(Cl)cc3)c2)n1. The smallest absolute Gasteiger partial charge is 0.323 e. The summed E-state index contributed by atoms with van der Waals surface area (Å²) in [4.78, 5) is 19.7. The van der Waals surface area contributed by atoms with E-state index < -0.39 is 0 Å². The highest BCUT2D eigenvalue weighted by Crippen LogP contribution is 2.24. The molecule has 0 radical (unpaired) electrons. The Morgan fingerprint density at radius 3 is 2.22 bits per heavy atom. The first-order valence-electron chi connectivity index (χ1n) is 11.2. The Balaban J connectivity index is 1.73. The molecule has 0 fully saturated rings. The second-order valence-electron chi connectivity index (χ2n) is 7.74. The number of unbranched alkanes of at least 4 members (excludes halogenated alkanes) is 2. The Morgan fingerprint density at radius 1 is 0.875 bits per heavy atom. The summed E-state index contributed by atoms with van der Waals surface area (Å²) in [6.45, 7) is 6.45. The fourth-order valence-corrected chi connectivity index (χ4v) is 3.51. The lowest BCUT2D eigenvalue weighted by Crippen LogP contribution is -2.26. The number of amides is 2. The molecule has 0 unspecified atom stereocenters. The maximum Gasteiger partial charge on any atom is 0.323 e. The maximum atomic E-state index is 12.4. The number of urea groups is 1. The summed E-state index contributed by atoms with van der Waals surface area (Å²) >= 11 is 5.90. The molecule has 0 aliphatic rings. The number of nitrogens with one attached hydrogen (secondary N) is 2. The molecule has 0 aliphatic heterocycles. The van der Waals surface area contributed by atoms with Gasteiger partial charge in [0.1, 0.15) is 5.82 Å². The van der Waals surface area contributed by atoms with E-state index in [-0.39, 0.29) is 6.03 Å². The van der Waals surface area contributed by atoms with E-state index in [0.717, 1.165) is 55.8 Å². The molecule has 0 spiro atoms. The molecule has 3 aromatic rings. The molecule has 168 valence electrons. The van der Waals surface area contributed by atoms with Gasteiger partial charge in [0.25, 0.3) is 0 Å². The van der Waals surface area contributed by atoms with E-state index in [2.05, 4.69) is 41.5 Å². The van der Waals surface area contributed by atoms with E-state index >= 15 is 0 Å². The number of benzene rings is 2. The monoisotopic (exact) mass is 450 g/mol. The third-order valence-electron chi connectivity index (χ3n) is 5.14. The first kappa shape index (κ1) is 23.6. The zero-order chi connectivity index (χ0) is 22.8. The van der Waals surface area contributed by atoms with Crippen LogP contribution in [0.3, 0.4) is 0 Å². The van der Waals surface area contributed by atoms with Crippen molar-refractivity contribution < 1.29 is 4.79 Å². The van der Waals surface area contributed by atoms with Gasteiger partial charge in [-0.15, -0.1) is 0 Å². The minimum Gasteiger partial charge on any atom is -0.357 e. The number of anilines is 3. The lowest BCUT2D eigenvalue weighted by molar-refractivity contribution is 0.262. The number of halogens is 1. The quantitative estimate of drug-likeness (QED) is 0.337. The van der Waals surface area contributed by atoms with Crippen molar-refractivity contribution in [2.24, 2.45) is 0 Å². The molecule has 0 saturated heterocycles. The van der Waals surface area contributed by atoms with Crippen molar-refractivity contribution in [1.82, 2.24) is 4.98 Å². The Labute approximate surface area is 195 Å². The molecule has 32 heavy (non-hydrogen) atoms. The van der Waals surface area contributed by atoms with Gasteiger partial charge in [-0.05, 0) is 61.4 Å². The summed E-state index contributed by atoms with van der Waals surface area (Å²) in [7, 11) is 0. The number of hydrogen-bond acceptors (Lipinski definition) is 3. The van der Waals surface area contributed by atoms with E-state index in [4.69, 9.17) is 16.6 Å². The van der Waals surface area contributed by atoms with Crippen molar-refractivity contribution in [1.29, 1.82) is 0 Å². The molecule has 6 heteroatoms. The van der Waals surface area contributed by atoms with Gasteiger partial charge in [0.05, 0.1) is 5.69 Å². The molecule has 0 saturated carbocycles. The van der Waals surface area contributed by atoms with E-state index in [0.29, 0.717) is 16.4 Å². The second kappa shape index (κ2) is 12.1. The average Bonchev–Trinajstić information content (AvgIpc) is 2.81. The van der Waals surface area contributed by atoms with E-state index in [9.17, 15) is 4.79 Å². The largest absolute Gasteiger partial charge is 0.357 e.